The maximum Gasteiger partial charge on any atom is 0.339 e. The average molecular weight is 325 g/mol. The molecule has 0 spiro atoms. The van der Waals surface area contributed by atoms with Gasteiger partial charge >= 0.3 is 5.13 Å². The van der Waals surface area contributed by atoms with E-state index in [4.69, 9.17) is 0 Å². The summed E-state index contributed by atoms with van der Waals surface area (Å²) in [5, 5.41) is 6.74. The Kier molecular flexibility index (Phi) is 5.56. The molecular formula is C14H17BrN2S. The second kappa shape index (κ2) is 6.71. The van der Waals surface area contributed by atoms with Gasteiger partial charge < -0.3 is 17.0 Å². The van der Waals surface area contributed by atoms with Crippen LogP contribution in [0.25, 0.3) is 0 Å². The molecule has 4 heteroatoms. The van der Waals surface area contributed by atoms with E-state index < -0.39 is 0 Å². The molecule has 2 aromatic rings. The molecule has 1 N–H and O–H groups in total. The molecule has 2 nitrogen and oxygen atoms in total. The van der Waals surface area contributed by atoms with Crippen molar-refractivity contribution in [1.29, 1.82) is 0 Å². The minimum atomic E-state index is 0. The monoisotopic (exact) mass is 324 g/mol. The van der Waals surface area contributed by atoms with E-state index in [1.807, 2.05) is 6.08 Å². The summed E-state index contributed by atoms with van der Waals surface area (Å²) in [7, 11) is 0. The van der Waals surface area contributed by atoms with E-state index in [9.17, 15) is 0 Å². The number of rotatable bonds is 4. The first-order valence-electron chi connectivity index (χ1n) is 5.63. The SMILES string of the molecule is C=CC[n+]1c(C)csc1Nc1ccc(C)cc1.[Br-]. The molecule has 1 aromatic carbocycles. The third-order valence-corrected chi connectivity index (χ3v) is 3.63. The molecule has 0 atom stereocenters. The molecule has 0 fully saturated rings. The van der Waals surface area contributed by atoms with Gasteiger partial charge in [0.25, 0.3) is 0 Å². The fourth-order valence-corrected chi connectivity index (χ4v) is 2.57. The van der Waals surface area contributed by atoms with Crippen molar-refractivity contribution in [2.45, 2.75) is 20.4 Å². The molecule has 0 amide bonds. The van der Waals surface area contributed by atoms with Crippen LogP contribution in [0, 0.1) is 13.8 Å². The van der Waals surface area contributed by atoms with Crippen LogP contribution in [0.5, 0.6) is 0 Å². The van der Waals surface area contributed by atoms with Crippen LogP contribution >= 0.6 is 11.3 Å². The molecule has 0 saturated carbocycles. The second-order valence-corrected chi connectivity index (χ2v) is 4.93. The second-order valence-electron chi connectivity index (χ2n) is 4.07. The van der Waals surface area contributed by atoms with Crippen molar-refractivity contribution in [3.63, 3.8) is 0 Å². The highest BCUT2D eigenvalue weighted by Gasteiger charge is 2.13. The molecule has 0 bridgehead atoms. The molecule has 2 rings (SSSR count). The van der Waals surface area contributed by atoms with Crippen LogP contribution < -0.4 is 26.9 Å². The predicted octanol–water partition coefficient (Wildman–Crippen LogP) is 0.586. The third-order valence-electron chi connectivity index (χ3n) is 2.63. The Bertz CT molecular complexity index is 517. The van der Waals surface area contributed by atoms with E-state index in [-0.39, 0.29) is 17.0 Å². The molecule has 0 unspecified atom stereocenters. The van der Waals surface area contributed by atoms with Gasteiger partial charge in [0.05, 0.1) is 0 Å². The Morgan fingerprint density at radius 2 is 1.94 bits per heavy atom. The first kappa shape index (κ1) is 14.9. The normalized spacial score (nSPS) is 9.67. The van der Waals surface area contributed by atoms with E-state index >= 15 is 0 Å². The summed E-state index contributed by atoms with van der Waals surface area (Å²) in [5.74, 6) is 0. The van der Waals surface area contributed by atoms with Crippen molar-refractivity contribution < 1.29 is 21.5 Å². The molecule has 0 aliphatic heterocycles. The maximum atomic E-state index is 3.79. The topological polar surface area (TPSA) is 15.9 Å². The molecule has 0 aliphatic rings. The lowest BCUT2D eigenvalue weighted by molar-refractivity contribution is -0.674. The number of allylic oxidation sites excluding steroid dienone is 1. The van der Waals surface area contributed by atoms with Gasteiger partial charge in [0, 0.05) is 5.38 Å². The van der Waals surface area contributed by atoms with Crippen LogP contribution in [0.1, 0.15) is 11.3 Å². The van der Waals surface area contributed by atoms with Crippen LogP contribution in [0.3, 0.4) is 0 Å². The molecule has 0 aliphatic carbocycles. The average Bonchev–Trinajstić information content (AvgIpc) is 2.65. The van der Waals surface area contributed by atoms with Crippen molar-refractivity contribution in [3.8, 4) is 0 Å². The summed E-state index contributed by atoms with van der Waals surface area (Å²) in [6, 6.07) is 8.42. The molecule has 0 saturated heterocycles. The first-order chi connectivity index (χ1) is 8.20. The minimum Gasteiger partial charge on any atom is -1.00 e. The number of nitrogens with one attached hydrogen (secondary N) is 1. The van der Waals surface area contributed by atoms with Gasteiger partial charge in [-0.2, -0.15) is 0 Å². The Morgan fingerprint density at radius 3 is 2.56 bits per heavy atom. The lowest BCUT2D eigenvalue weighted by atomic mass is 10.2. The van der Waals surface area contributed by atoms with Crippen LogP contribution in [0.15, 0.2) is 42.3 Å². The van der Waals surface area contributed by atoms with Gasteiger partial charge in [-0.1, -0.05) is 41.7 Å². The highest BCUT2D eigenvalue weighted by Crippen LogP contribution is 2.19. The lowest BCUT2D eigenvalue weighted by Gasteiger charge is -2.01. The van der Waals surface area contributed by atoms with Crippen molar-refractivity contribution in [2.24, 2.45) is 0 Å². The number of anilines is 2. The number of aromatic nitrogens is 1. The molecule has 1 heterocycles. The first-order valence-corrected chi connectivity index (χ1v) is 6.51. The van der Waals surface area contributed by atoms with E-state index in [0.29, 0.717) is 0 Å². The van der Waals surface area contributed by atoms with E-state index in [0.717, 1.165) is 17.4 Å². The van der Waals surface area contributed by atoms with Gasteiger partial charge in [0.1, 0.15) is 17.9 Å². The number of nitrogens with zero attached hydrogens (tertiary/aromatic N) is 1. The molecule has 96 valence electrons. The number of thiazole rings is 1. The zero-order chi connectivity index (χ0) is 12.3. The predicted molar refractivity (Wildman–Crippen MR) is 73.9 cm³/mol. The molecular weight excluding hydrogens is 308 g/mol. The van der Waals surface area contributed by atoms with Crippen LogP contribution in [-0.2, 0) is 6.54 Å². The Labute approximate surface area is 123 Å². The quantitative estimate of drug-likeness (QED) is 0.643. The molecule has 1 aromatic heterocycles. The standard InChI is InChI=1S/C14H16N2S.BrH/c1-4-9-16-12(3)10-17-14(16)15-13-7-5-11(2)6-8-13;/h4-8,10H,1,9H2,2-3H3;1H. The highest BCUT2D eigenvalue weighted by molar-refractivity contribution is 7.13. The largest absolute Gasteiger partial charge is 1.00 e. The van der Waals surface area contributed by atoms with Crippen LogP contribution in [0.4, 0.5) is 10.8 Å². The Hall–Kier alpha value is -1.13. The fourth-order valence-electron chi connectivity index (χ4n) is 1.64. The summed E-state index contributed by atoms with van der Waals surface area (Å²) in [6.07, 6.45) is 1.92. The smallest absolute Gasteiger partial charge is 0.339 e. The number of halogens is 1. The highest BCUT2D eigenvalue weighted by atomic mass is 79.9. The third kappa shape index (κ3) is 3.43. The van der Waals surface area contributed by atoms with Crippen molar-refractivity contribution in [1.82, 2.24) is 0 Å². The number of hydrogen-bond acceptors (Lipinski definition) is 2. The fraction of sp³-hybridized carbons (Fsp3) is 0.214. The van der Waals surface area contributed by atoms with E-state index in [1.54, 1.807) is 11.3 Å². The van der Waals surface area contributed by atoms with E-state index in [2.05, 4.69) is 60.0 Å². The van der Waals surface area contributed by atoms with Gasteiger partial charge in [-0.05, 0) is 26.0 Å². The van der Waals surface area contributed by atoms with Gasteiger partial charge in [0.2, 0.25) is 0 Å². The van der Waals surface area contributed by atoms with Crippen LogP contribution in [0.2, 0.25) is 0 Å². The number of benzene rings is 1. The number of hydrogen-bond donors (Lipinski definition) is 1. The summed E-state index contributed by atoms with van der Waals surface area (Å²) >= 11 is 1.72. The van der Waals surface area contributed by atoms with Crippen LogP contribution in [-0.4, -0.2) is 0 Å². The lowest BCUT2D eigenvalue weighted by Crippen LogP contribution is -3.00. The van der Waals surface area contributed by atoms with Gasteiger partial charge in [-0.15, -0.1) is 0 Å². The molecule has 0 radical (unpaired) electrons. The van der Waals surface area contributed by atoms with Gasteiger partial charge in [0.15, 0.2) is 0 Å². The summed E-state index contributed by atoms with van der Waals surface area (Å²) in [6.45, 7) is 8.83. The van der Waals surface area contributed by atoms with Gasteiger partial charge in [-0.3, -0.25) is 0 Å². The zero-order valence-corrected chi connectivity index (χ0v) is 13.0. The maximum absolute atomic E-state index is 3.79. The number of aryl methyl sites for hydroxylation is 2. The Morgan fingerprint density at radius 1 is 1.28 bits per heavy atom. The van der Waals surface area contributed by atoms with Gasteiger partial charge in [-0.25, -0.2) is 9.88 Å². The van der Waals surface area contributed by atoms with Crippen molar-refractivity contribution in [3.05, 3.63) is 53.6 Å². The van der Waals surface area contributed by atoms with Crippen molar-refractivity contribution in [2.75, 3.05) is 5.32 Å². The molecule has 18 heavy (non-hydrogen) atoms. The zero-order valence-electron chi connectivity index (χ0n) is 10.6. The Balaban J connectivity index is 0.00000162. The summed E-state index contributed by atoms with van der Waals surface area (Å²) in [5.41, 5.74) is 3.65. The minimum absolute atomic E-state index is 0. The summed E-state index contributed by atoms with van der Waals surface area (Å²) in [4.78, 5) is 0. The summed E-state index contributed by atoms with van der Waals surface area (Å²) < 4.78 is 2.22. The van der Waals surface area contributed by atoms with E-state index in [1.165, 1.54) is 11.3 Å². The van der Waals surface area contributed by atoms with Crippen molar-refractivity contribution >= 4 is 22.2 Å².